The first-order valence-corrected chi connectivity index (χ1v) is 4.42. The van der Waals surface area contributed by atoms with Gasteiger partial charge in [0.25, 0.3) is 0 Å². The normalized spacial score (nSPS) is 30.8. The average molecular weight is 172 g/mol. The molecule has 2 unspecified atom stereocenters. The highest BCUT2D eigenvalue weighted by atomic mass is 16.6. The van der Waals surface area contributed by atoms with Crippen molar-refractivity contribution in [1.29, 1.82) is 0 Å². The predicted octanol–water partition coefficient (Wildman–Crippen LogP) is 0.742. The summed E-state index contributed by atoms with van der Waals surface area (Å²) in [5.41, 5.74) is 10.7. The molecule has 0 aromatic carbocycles. The number of hydrogen-bond acceptors (Lipinski definition) is 3. The number of rotatable bonds is 1. The van der Waals surface area contributed by atoms with Crippen LogP contribution in [-0.4, -0.2) is 18.2 Å². The minimum atomic E-state index is -0.711. The Labute approximate surface area is 72.2 Å². The van der Waals surface area contributed by atoms with Gasteiger partial charge in [0.05, 0.1) is 0 Å². The third kappa shape index (κ3) is 2.70. The highest BCUT2D eigenvalue weighted by Crippen LogP contribution is 2.18. The number of carbonyl (C=O) groups is 1. The number of ether oxygens (including phenoxy) is 1. The Balaban J connectivity index is 2.41. The van der Waals surface area contributed by atoms with E-state index in [1.54, 1.807) is 0 Å². The maximum Gasteiger partial charge on any atom is 0.404 e. The first-order valence-electron chi connectivity index (χ1n) is 4.42. The van der Waals surface area contributed by atoms with E-state index in [2.05, 4.69) is 0 Å². The molecule has 0 aromatic rings. The van der Waals surface area contributed by atoms with Crippen LogP contribution in [-0.2, 0) is 4.74 Å². The fourth-order valence-electron chi connectivity index (χ4n) is 1.60. The van der Waals surface area contributed by atoms with Gasteiger partial charge in [0.2, 0.25) is 0 Å². The fraction of sp³-hybridized carbons (Fsp3) is 0.875. The van der Waals surface area contributed by atoms with Gasteiger partial charge in [0.15, 0.2) is 0 Å². The second kappa shape index (κ2) is 4.30. The zero-order chi connectivity index (χ0) is 8.97. The van der Waals surface area contributed by atoms with Crippen LogP contribution in [0.5, 0.6) is 0 Å². The molecule has 1 aliphatic carbocycles. The quantitative estimate of drug-likeness (QED) is 0.572. The van der Waals surface area contributed by atoms with Crippen molar-refractivity contribution in [1.82, 2.24) is 0 Å². The topological polar surface area (TPSA) is 78.3 Å². The van der Waals surface area contributed by atoms with Crippen molar-refractivity contribution in [2.75, 3.05) is 0 Å². The second-order valence-electron chi connectivity index (χ2n) is 3.28. The van der Waals surface area contributed by atoms with E-state index >= 15 is 0 Å². The van der Waals surface area contributed by atoms with Gasteiger partial charge in [-0.2, -0.15) is 0 Å². The van der Waals surface area contributed by atoms with Crippen molar-refractivity contribution in [2.45, 2.75) is 44.2 Å². The maximum absolute atomic E-state index is 10.5. The van der Waals surface area contributed by atoms with Crippen LogP contribution in [0.15, 0.2) is 0 Å². The van der Waals surface area contributed by atoms with Crippen molar-refractivity contribution in [3.63, 3.8) is 0 Å². The van der Waals surface area contributed by atoms with Crippen molar-refractivity contribution in [3.8, 4) is 0 Å². The molecule has 1 aliphatic rings. The summed E-state index contributed by atoms with van der Waals surface area (Å²) in [6.45, 7) is 0. The van der Waals surface area contributed by atoms with Crippen LogP contribution in [0.3, 0.4) is 0 Å². The number of nitrogens with two attached hydrogens (primary N) is 2. The number of primary amides is 1. The Bertz CT molecular complexity index is 161. The van der Waals surface area contributed by atoms with Crippen molar-refractivity contribution >= 4 is 6.09 Å². The molecule has 0 bridgehead atoms. The molecule has 0 aromatic heterocycles. The molecule has 1 fully saturated rings. The summed E-state index contributed by atoms with van der Waals surface area (Å²) in [5.74, 6) is 0. The van der Waals surface area contributed by atoms with Crippen LogP contribution in [0.2, 0.25) is 0 Å². The molecule has 1 saturated carbocycles. The van der Waals surface area contributed by atoms with Gasteiger partial charge in [0, 0.05) is 6.04 Å². The van der Waals surface area contributed by atoms with E-state index in [-0.39, 0.29) is 12.1 Å². The van der Waals surface area contributed by atoms with E-state index in [1.165, 1.54) is 6.42 Å². The van der Waals surface area contributed by atoms with Gasteiger partial charge in [-0.3, -0.25) is 0 Å². The Morgan fingerprint density at radius 1 is 1.25 bits per heavy atom. The molecule has 4 N–H and O–H groups in total. The Morgan fingerprint density at radius 2 is 1.92 bits per heavy atom. The van der Waals surface area contributed by atoms with Crippen molar-refractivity contribution in [3.05, 3.63) is 0 Å². The van der Waals surface area contributed by atoms with Crippen molar-refractivity contribution in [2.24, 2.45) is 11.5 Å². The standard InChI is InChI=1S/C8H16N2O2/c9-6-4-2-1-3-5-7(6)12-8(10)11/h6-7H,1-5,9H2,(H2,10,11). The SMILES string of the molecule is NC(=O)OC1CCCCCC1N. The minimum absolute atomic E-state index is 0.0278. The third-order valence-corrected chi connectivity index (χ3v) is 2.27. The molecule has 12 heavy (non-hydrogen) atoms. The summed E-state index contributed by atoms with van der Waals surface area (Å²) in [5, 5.41) is 0. The van der Waals surface area contributed by atoms with Crippen molar-refractivity contribution < 1.29 is 9.53 Å². The van der Waals surface area contributed by atoms with Gasteiger partial charge in [-0.05, 0) is 19.3 Å². The number of carbonyl (C=O) groups excluding carboxylic acids is 1. The average Bonchev–Trinajstić information content (AvgIpc) is 2.16. The summed E-state index contributed by atoms with van der Waals surface area (Å²) in [4.78, 5) is 10.5. The molecule has 0 saturated heterocycles. The zero-order valence-electron chi connectivity index (χ0n) is 7.16. The number of amides is 1. The van der Waals surface area contributed by atoms with Crippen LogP contribution >= 0.6 is 0 Å². The molecule has 70 valence electrons. The fourth-order valence-corrected chi connectivity index (χ4v) is 1.60. The van der Waals surface area contributed by atoms with Gasteiger partial charge in [-0.1, -0.05) is 12.8 Å². The molecule has 4 nitrogen and oxygen atoms in total. The van der Waals surface area contributed by atoms with Gasteiger partial charge in [-0.15, -0.1) is 0 Å². The Hall–Kier alpha value is -0.770. The third-order valence-electron chi connectivity index (χ3n) is 2.27. The lowest BCUT2D eigenvalue weighted by molar-refractivity contribution is 0.0861. The van der Waals surface area contributed by atoms with E-state index in [0.717, 1.165) is 25.7 Å². The molecule has 0 aliphatic heterocycles. The minimum Gasteiger partial charge on any atom is -0.445 e. The molecule has 0 heterocycles. The van der Waals surface area contributed by atoms with Gasteiger partial charge in [-0.25, -0.2) is 4.79 Å². The van der Waals surface area contributed by atoms with Gasteiger partial charge < -0.3 is 16.2 Å². The monoisotopic (exact) mass is 172 g/mol. The highest BCUT2D eigenvalue weighted by molar-refractivity contribution is 5.64. The molecular formula is C8H16N2O2. The molecule has 2 atom stereocenters. The maximum atomic E-state index is 10.5. The smallest absolute Gasteiger partial charge is 0.404 e. The van der Waals surface area contributed by atoms with Gasteiger partial charge >= 0.3 is 6.09 Å². The first-order chi connectivity index (χ1) is 5.70. The largest absolute Gasteiger partial charge is 0.445 e. The highest BCUT2D eigenvalue weighted by Gasteiger charge is 2.22. The van der Waals surface area contributed by atoms with E-state index in [4.69, 9.17) is 16.2 Å². The van der Waals surface area contributed by atoms with Crippen LogP contribution in [0.1, 0.15) is 32.1 Å². The lowest BCUT2D eigenvalue weighted by Gasteiger charge is -2.20. The molecule has 0 radical (unpaired) electrons. The number of hydrogen-bond donors (Lipinski definition) is 2. The predicted molar refractivity (Wildman–Crippen MR) is 45.5 cm³/mol. The van der Waals surface area contributed by atoms with E-state index in [0.29, 0.717) is 0 Å². The Morgan fingerprint density at radius 3 is 2.58 bits per heavy atom. The molecular weight excluding hydrogens is 156 g/mol. The van der Waals surface area contributed by atoms with E-state index in [1.807, 2.05) is 0 Å². The summed E-state index contributed by atoms with van der Waals surface area (Å²) in [6.07, 6.45) is 4.28. The summed E-state index contributed by atoms with van der Waals surface area (Å²) in [7, 11) is 0. The molecule has 4 heteroatoms. The van der Waals surface area contributed by atoms with Crippen LogP contribution in [0, 0.1) is 0 Å². The molecule has 0 spiro atoms. The first kappa shape index (κ1) is 9.32. The molecule has 1 rings (SSSR count). The summed E-state index contributed by atoms with van der Waals surface area (Å²) >= 11 is 0. The van der Waals surface area contributed by atoms with Gasteiger partial charge in [0.1, 0.15) is 6.10 Å². The zero-order valence-corrected chi connectivity index (χ0v) is 7.16. The lowest BCUT2D eigenvalue weighted by Crippen LogP contribution is -2.38. The molecule has 1 amide bonds. The summed E-state index contributed by atoms with van der Waals surface area (Å²) < 4.78 is 4.90. The lowest BCUT2D eigenvalue weighted by atomic mass is 10.1. The Kier molecular flexibility index (Phi) is 3.34. The summed E-state index contributed by atoms with van der Waals surface area (Å²) in [6, 6.07) is -0.0278. The van der Waals surface area contributed by atoms with E-state index < -0.39 is 6.09 Å². The van der Waals surface area contributed by atoms with Crippen LogP contribution in [0.4, 0.5) is 4.79 Å². The second-order valence-corrected chi connectivity index (χ2v) is 3.28. The van der Waals surface area contributed by atoms with Crippen LogP contribution < -0.4 is 11.5 Å². The van der Waals surface area contributed by atoms with Crippen LogP contribution in [0.25, 0.3) is 0 Å². The van der Waals surface area contributed by atoms with E-state index in [9.17, 15) is 4.79 Å².